The van der Waals surface area contributed by atoms with Crippen molar-refractivity contribution in [1.82, 2.24) is 9.97 Å². The average Bonchev–Trinajstić information content (AvgIpc) is 2.65. The van der Waals surface area contributed by atoms with E-state index in [-0.39, 0.29) is 23.5 Å². The van der Waals surface area contributed by atoms with Crippen LogP contribution in [0.5, 0.6) is 5.88 Å². The zero-order valence-electron chi connectivity index (χ0n) is 12.1. The van der Waals surface area contributed by atoms with Crippen molar-refractivity contribution in [3.63, 3.8) is 0 Å². The summed E-state index contributed by atoms with van der Waals surface area (Å²) >= 11 is 0. The van der Waals surface area contributed by atoms with Crippen LogP contribution in [0, 0.1) is 12.8 Å². The van der Waals surface area contributed by atoms with E-state index in [0.29, 0.717) is 24.8 Å². The standard InChI is InChI=1S/C13H21N3O3S/c1-9(2)19-12-6-10(3)15-13(16-12)14-7-11-4-5-20(17,18)8-11/h6,9,11H,4-5,7-8H2,1-3H3,(H,14,15,16). The van der Waals surface area contributed by atoms with Gasteiger partial charge in [-0.3, -0.25) is 0 Å². The molecule has 2 rings (SSSR count). The molecule has 0 bridgehead atoms. The number of aryl methyl sites for hydroxylation is 1. The molecule has 2 heterocycles. The first-order chi connectivity index (χ1) is 9.34. The van der Waals surface area contributed by atoms with Gasteiger partial charge in [0.05, 0.1) is 17.6 Å². The third kappa shape index (κ3) is 4.33. The van der Waals surface area contributed by atoms with Crippen molar-refractivity contribution >= 4 is 15.8 Å². The lowest BCUT2D eigenvalue weighted by Crippen LogP contribution is -2.17. The average molecular weight is 299 g/mol. The Labute approximate surface area is 119 Å². The highest BCUT2D eigenvalue weighted by molar-refractivity contribution is 7.91. The summed E-state index contributed by atoms with van der Waals surface area (Å²) in [5.41, 5.74) is 0.817. The van der Waals surface area contributed by atoms with Crippen LogP contribution >= 0.6 is 0 Å². The molecule has 20 heavy (non-hydrogen) atoms. The molecule has 0 spiro atoms. The molecule has 1 aliphatic rings. The van der Waals surface area contributed by atoms with Gasteiger partial charge in [0.2, 0.25) is 11.8 Å². The molecule has 6 nitrogen and oxygen atoms in total. The highest BCUT2D eigenvalue weighted by atomic mass is 32.2. The van der Waals surface area contributed by atoms with E-state index < -0.39 is 9.84 Å². The van der Waals surface area contributed by atoms with Gasteiger partial charge in [-0.15, -0.1) is 0 Å². The van der Waals surface area contributed by atoms with Crippen LogP contribution in [0.15, 0.2) is 6.07 Å². The topological polar surface area (TPSA) is 81.2 Å². The number of hydrogen-bond acceptors (Lipinski definition) is 6. The molecule has 0 amide bonds. The van der Waals surface area contributed by atoms with Crippen LogP contribution < -0.4 is 10.1 Å². The number of nitrogens with zero attached hydrogens (tertiary/aromatic N) is 2. The lowest BCUT2D eigenvalue weighted by Gasteiger charge is -2.13. The maximum Gasteiger partial charge on any atom is 0.226 e. The highest BCUT2D eigenvalue weighted by Gasteiger charge is 2.27. The number of sulfone groups is 1. The van der Waals surface area contributed by atoms with Gasteiger partial charge < -0.3 is 10.1 Å². The predicted molar refractivity (Wildman–Crippen MR) is 77.8 cm³/mol. The van der Waals surface area contributed by atoms with Crippen molar-refractivity contribution < 1.29 is 13.2 Å². The quantitative estimate of drug-likeness (QED) is 0.885. The maximum atomic E-state index is 11.4. The molecule has 0 saturated carbocycles. The first-order valence-corrected chi connectivity index (χ1v) is 8.63. The normalized spacial score (nSPS) is 21.1. The summed E-state index contributed by atoms with van der Waals surface area (Å²) < 4.78 is 28.4. The third-order valence-corrected chi connectivity index (χ3v) is 4.90. The molecule has 1 atom stereocenters. The Morgan fingerprint density at radius 1 is 1.45 bits per heavy atom. The van der Waals surface area contributed by atoms with E-state index in [1.165, 1.54) is 0 Å². The molecule has 7 heteroatoms. The lowest BCUT2D eigenvalue weighted by molar-refractivity contribution is 0.232. The van der Waals surface area contributed by atoms with Gasteiger partial charge in [-0.25, -0.2) is 13.4 Å². The van der Waals surface area contributed by atoms with Crippen molar-refractivity contribution in [1.29, 1.82) is 0 Å². The summed E-state index contributed by atoms with van der Waals surface area (Å²) in [6.45, 7) is 6.33. The molecule has 0 aliphatic carbocycles. The van der Waals surface area contributed by atoms with Crippen LogP contribution in [0.25, 0.3) is 0 Å². The molecule has 112 valence electrons. The largest absolute Gasteiger partial charge is 0.475 e. The molecule has 1 aliphatic heterocycles. The number of ether oxygens (including phenoxy) is 1. The van der Waals surface area contributed by atoms with Crippen LogP contribution in [0.2, 0.25) is 0 Å². The van der Waals surface area contributed by atoms with Crippen LogP contribution in [-0.4, -0.2) is 42.5 Å². The molecular formula is C13H21N3O3S. The summed E-state index contributed by atoms with van der Waals surface area (Å²) in [6.07, 6.45) is 0.758. The SMILES string of the molecule is Cc1cc(OC(C)C)nc(NCC2CCS(=O)(=O)C2)n1. The van der Waals surface area contributed by atoms with Gasteiger partial charge >= 0.3 is 0 Å². The summed E-state index contributed by atoms with van der Waals surface area (Å²) in [5, 5.41) is 3.11. The van der Waals surface area contributed by atoms with Crippen LogP contribution in [-0.2, 0) is 9.84 Å². The Bertz CT molecular complexity index is 572. The molecule has 1 unspecified atom stereocenters. The van der Waals surface area contributed by atoms with Crippen molar-refractivity contribution in [3.05, 3.63) is 11.8 Å². The lowest BCUT2D eigenvalue weighted by atomic mass is 10.1. The second kappa shape index (κ2) is 5.95. The summed E-state index contributed by atoms with van der Waals surface area (Å²) in [6, 6.07) is 1.78. The Morgan fingerprint density at radius 2 is 2.20 bits per heavy atom. The second-order valence-electron chi connectivity index (χ2n) is 5.49. The molecule has 1 N–H and O–H groups in total. The van der Waals surface area contributed by atoms with Crippen LogP contribution in [0.1, 0.15) is 26.0 Å². The summed E-state index contributed by atoms with van der Waals surface area (Å²) in [7, 11) is -2.84. The molecule has 1 aromatic rings. The molecule has 1 fully saturated rings. The van der Waals surface area contributed by atoms with Crippen molar-refractivity contribution in [3.8, 4) is 5.88 Å². The minimum absolute atomic E-state index is 0.0529. The van der Waals surface area contributed by atoms with Gasteiger partial charge in [0.1, 0.15) is 0 Å². The first-order valence-electron chi connectivity index (χ1n) is 6.81. The second-order valence-corrected chi connectivity index (χ2v) is 7.72. The number of hydrogen-bond donors (Lipinski definition) is 1. The molecular weight excluding hydrogens is 278 g/mol. The Hall–Kier alpha value is -1.37. The van der Waals surface area contributed by atoms with E-state index >= 15 is 0 Å². The van der Waals surface area contributed by atoms with Gasteiger partial charge in [0.15, 0.2) is 9.84 Å². The number of aromatic nitrogens is 2. The number of rotatable bonds is 5. The Morgan fingerprint density at radius 3 is 2.80 bits per heavy atom. The molecule has 1 saturated heterocycles. The van der Waals surface area contributed by atoms with E-state index in [0.717, 1.165) is 5.69 Å². The molecule has 0 radical (unpaired) electrons. The highest BCUT2D eigenvalue weighted by Crippen LogP contribution is 2.19. The van der Waals surface area contributed by atoms with E-state index in [9.17, 15) is 8.42 Å². The van der Waals surface area contributed by atoms with Crippen molar-refractivity contribution in [2.75, 3.05) is 23.4 Å². The minimum atomic E-state index is -2.84. The van der Waals surface area contributed by atoms with Crippen molar-refractivity contribution in [2.24, 2.45) is 5.92 Å². The van der Waals surface area contributed by atoms with E-state index in [1.807, 2.05) is 20.8 Å². The van der Waals surface area contributed by atoms with Gasteiger partial charge in [0, 0.05) is 18.3 Å². The fourth-order valence-electron chi connectivity index (χ4n) is 2.19. The third-order valence-electron chi connectivity index (χ3n) is 3.06. The molecule has 1 aromatic heterocycles. The van der Waals surface area contributed by atoms with E-state index in [1.54, 1.807) is 6.07 Å². The van der Waals surface area contributed by atoms with Gasteiger partial charge in [-0.1, -0.05) is 0 Å². The first kappa shape index (κ1) is 15.0. The zero-order chi connectivity index (χ0) is 14.8. The fraction of sp³-hybridized carbons (Fsp3) is 0.692. The monoisotopic (exact) mass is 299 g/mol. The summed E-state index contributed by atoms with van der Waals surface area (Å²) in [5.74, 6) is 1.70. The van der Waals surface area contributed by atoms with E-state index in [4.69, 9.17) is 4.74 Å². The maximum absolute atomic E-state index is 11.4. The Balaban J connectivity index is 1.97. The minimum Gasteiger partial charge on any atom is -0.475 e. The van der Waals surface area contributed by atoms with Gasteiger partial charge in [-0.05, 0) is 33.1 Å². The fourth-order valence-corrected chi connectivity index (χ4v) is 4.05. The Kier molecular flexibility index (Phi) is 4.47. The number of anilines is 1. The predicted octanol–water partition coefficient (Wildman–Crippen LogP) is 1.42. The van der Waals surface area contributed by atoms with Gasteiger partial charge in [0.25, 0.3) is 0 Å². The van der Waals surface area contributed by atoms with Crippen molar-refractivity contribution in [2.45, 2.75) is 33.3 Å². The van der Waals surface area contributed by atoms with Crippen LogP contribution in [0.4, 0.5) is 5.95 Å². The summed E-state index contributed by atoms with van der Waals surface area (Å²) in [4.78, 5) is 8.56. The van der Waals surface area contributed by atoms with Crippen LogP contribution in [0.3, 0.4) is 0 Å². The zero-order valence-corrected chi connectivity index (χ0v) is 12.9. The number of nitrogens with one attached hydrogen (secondary N) is 1. The van der Waals surface area contributed by atoms with Gasteiger partial charge in [-0.2, -0.15) is 4.98 Å². The smallest absolute Gasteiger partial charge is 0.226 e. The van der Waals surface area contributed by atoms with E-state index in [2.05, 4.69) is 15.3 Å². The molecule has 0 aromatic carbocycles.